The van der Waals surface area contributed by atoms with Gasteiger partial charge in [-0.2, -0.15) is 5.26 Å². The average Bonchev–Trinajstić information content (AvgIpc) is 2.79. The van der Waals surface area contributed by atoms with Gasteiger partial charge in [-0.1, -0.05) is 6.92 Å². The maximum atomic E-state index is 11.8. The summed E-state index contributed by atoms with van der Waals surface area (Å²) in [7, 11) is 0. The van der Waals surface area contributed by atoms with Crippen LogP contribution in [0.5, 0.6) is 0 Å². The van der Waals surface area contributed by atoms with Crippen LogP contribution in [-0.2, 0) is 11.3 Å². The molecule has 1 aliphatic carbocycles. The summed E-state index contributed by atoms with van der Waals surface area (Å²) in [6.45, 7) is 2.36. The van der Waals surface area contributed by atoms with Crippen LogP contribution < -0.4 is 5.32 Å². The topological polar surface area (TPSA) is 83.6 Å². The zero-order chi connectivity index (χ0) is 13.0. The number of carbonyl (C=O) groups excluding carboxylic acids is 1. The molecule has 0 bridgehead atoms. The Bertz CT molecular complexity index is 453. The molecule has 0 unspecified atom stereocenters. The Kier molecular flexibility index (Phi) is 3.92. The third-order valence-corrected chi connectivity index (χ3v) is 3.41. The Balaban J connectivity index is 1.84. The molecule has 6 heteroatoms. The normalized spacial score (nSPS) is 23.3. The van der Waals surface area contributed by atoms with Gasteiger partial charge in [-0.05, 0) is 31.6 Å². The summed E-state index contributed by atoms with van der Waals surface area (Å²) in [6, 6.07) is 2.17. The van der Waals surface area contributed by atoms with E-state index in [0.29, 0.717) is 0 Å². The number of aromatic nitrogens is 3. The summed E-state index contributed by atoms with van der Waals surface area (Å²) in [5, 5.41) is 19.0. The Morgan fingerprint density at radius 3 is 2.94 bits per heavy atom. The third kappa shape index (κ3) is 3.06. The lowest BCUT2D eigenvalue weighted by Crippen LogP contribution is -2.39. The van der Waals surface area contributed by atoms with Gasteiger partial charge in [0.1, 0.15) is 18.9 Å². The Morgan fingerprint density at radius 1 is 1.56 bits per heavy atom. The molecule has 1 amide bonds. The fourth-order valence-corrected chi connectivity index (χ4v) is 2.29. The first-order valence-corrected chi connectivity index (χ1v) is 6.26. The van der Waals surface area contributed by atoms with Crippen LogP contribution in [-0.4, -0.2) is 26.7 Å². The van der Waals surface area contributed by atoms with Crippen molar-refractivity contribution in [2.24, 2.45) is 5.92 Å². The van der Waals surface area contributed by atoms with E-state index in [-0.39, 0.29) is 24.3 Å². The van der Waals surface area contributed by atoms with Gasteiger partial charge in [0, 0.05) is 6.04 Å². The highest BCUT2D eigenvalue weighted by Crippen LogP contribution is 2.23. The molecule has 1 aromatic rings. The number of rotatable bonds is 3. The summed E-state index contributed by atoms with van der Waals surface area (Å²) in [4.78, 5) is 11.8. The molecule has 1 saturated carbocycles. The minimum absolute atomic E-state index is 0.0779. The van der Waals surface area contributed by atoms with E-state index in [0.717, 1.165) is 18.8 Å². The van der Waals surface area contributed by atoms with Crippen molar-refractivity contribution in [2.45, 2.75) is 45.2 Å². The molecule has 1 fully saturated rings. The first-order chi connectivity index (χ1) is 8.69. The third-order valence-electron chi connectivity index (χ3n) is 3.41. The molecule has 1 aromatic heterocycles. The summed E-state index contributed by atoms with van der Waals surface area (Å²) < 4.78 is 1.46. The van der Waals surface area contributed by atoms with Crippen LogP contribution in [0.2, 0.25) is 0 Å². The van der Waals surface area contributed by atoms with E-state index < -0.39 is 0 Å². The summed E-state index contributed by atoms with van der Waals surface area (Å²) in [5.41, 5.74) is 0. The summed E-state index contributed by atoms with van der Waals surface area (Å²) in [5.74, 6) is 0.856. The monoisotopic (exact) mass is 247 g/mol. The predicted molar refractivity (Wildman–Crippen MR) is 64.3 cm³/mol. The van der Waals surface area contributed by atoms with Gasteiger partial charge < -0.3 is 5.32 Å². The molecule has 1 N–H and O–H groups in total. The predicted octanol–water partition coefficient (Wildman–Crippen LogP) is 0.845. The molecule has 0 spiro atoms. The van der Waals surface area contributed by atoms with Crippen molar-refractivity contribution in [3.05, 3.63) is 12.2 Å². The minimum atomic E-state index is -0.0779. The molecule has 0 aliphatic heterocycles. The average molecular weight is 247 g/mol. The minimum Gasteiger partial charge on any atom is -0.352 e. The summed E-state index contributed by atoms with van der Waals surface area (Å²) >= 11 is 0. The van der Waals surface area contributed by atoms with Gasteiger partial charge in [0.05, 0.1) is 0 Å². The Morgan fingerprint density at radius 2 is 2.28 bits per heavy atom. The van der Waals surface area contributed by atoms with Gasteiger partial charge in [0.2, 0.25) is 11.7 Å². The Hall–Kier alpha value is -1.90. The molecule has 1 aliphatic rings. The van der Waals surface area contributed by atoms with Crippen molar-refractivity contribution in [3.8, 4) is 6.07 Å². The van der Waals surface area contributed by atoms with Crippen molar-refractivity contribution in [2.75, 3.05) is 0 Å². The molecule has 0 radical (unpaired) electrons. The van der Waals surface area contributed by atoms with Crippen molar-refractivity contribution in [3.63, 3.8) is 0 Å². The van der Waals surface area contributed by atoms with Crippen molar-refractivity contribution >= 4 is 5.91 Å². The standard InChI is InChI=1S/C12H17N5O/c1-9-2-4-10(5-3-9)15-12(18)7-17-8-14-16-11(17)6-13/h8-10H,2-5,7H2,1H3,(H,15,18). The molecule has 18 heavy (non-hydrogen) atoms. The second kappa shape index (κ2) is 5.63. The lowest BCUT2D eigenvalue weighted by atomic mass is 9.87. The fourth-order valence-electron chi connectivity index (χ4n) is 2.29. The molecular formula is C12H17N5O. The molecular weight excluding hydrogens is 230 g/mol. The number of nitrogens with zero attached hydrogens (tertiary/aromatic N) is 4. The van der Waals surface area contributed by atoms with Gasteiger partial charge in [0.15, 0.2) is 0 Å². The number of nitriles is 1. The molecule has 96 valence electrons. The van der Waals surface area contributed by atoms with Crippen LogP contribution in [0.4, 0.5) is 0 Å². The number of nitrogens with one attached hydrogen (secondary N) is 1. The number of hydrogen-bond acceptors (Lipinski definition) is 4. The first-order valence-electron chi connectivity index (χ1n) is 6.26. The molecule has 0 atom stereocenters. The van der Waals surface area contributed by atoms with Gasteiger partial charge in [-0.3, -0.25) is 9.36 Å². The number of hydrogen-bond donors (Lipinski definition) is 1. The first kappa shape index (κ1) is 12.6. The van der Waals surface area contributed by atoms with Crippen LogP contribution in [0.1, 0.15) is 38.4 Å². The number of amides is 1. The van der Waals surface area contributed by atoms with Crippen molar-refractivity contribution in [1.29, 1.82) is 5.26 Å². The van der Waals surface area contributed by atoms with Crippen LogP contribution in [0.3, 0.4) is 0 Å². The highest BCUT2D eigenvalue weighted by Gasteiger charge is 2.20. The maximum absolute atomic E-state index is 11.8. The van der Waals surface area contributed by atoms with E-state index in [2.05, 4.69) is 22.4 Å². The fraction of sp³-hybridized carbons (Fsp3) is 0.667. The molecule has 1 heterocycles. The van der Waals surface area contributed by atoms with E-state index >= 15 is 0 Å². The van der Waals surface area contributed by atoms with Gasteiger partial charge in [-0.25, -0.2) is 0 Å². The zero-order valence-corrected chi connectivity index (χ0v) is 10.5. The second-order valence-electron chi connectivity index (χ2n) is 4.92. The van der Waals surface area contributed by atoms with Crippen molar-refractivity contribution in [1.82, 2.24) is 20.1 Å². The van der Waals surface area contributed by atoms with Crippen molar-refractivity contribution < 1.29 is 4.79 Å². The van der Waals surface area contributed by atoms with E-state index in [4.69, 9.17) is 5.26 Å². The molecule has 0 saturated heterocycles. The zero-order valence-electron chi connectivity index (χ0n) is 10.5. The molecule has 6 nitrogen and oxygen atoms in total. The SMILES string of the molecule is CC1CCC(NC(=O)Cn2cnnc2C#N)CC1. The largest absolute Gasteiger partial charge is 0.352 e. The van der Waals surface area contributed by atoms with E-state index in [9.17, 15) is 4.79 Å². The Labute approximate surface area is 106 Å². The highest BCUT2D eigenvalue weighted by molar-refractivity contribution is 5.76. The number of carbonyl (C=O) groups is 1. The van der Waals surface area contributed by atoms with Crippen LogP contribution in [0.25, 0.3) is 0 Å². The summed E-state index contributed by atoms with van der Waals surface area (Å²) in [6.07, 6.45) is 5.82. The van der Waals surface area contributed by atoms with Gasteiger partial charge >= 0.3 is 0 Å². The molecule has 0 aromatic carbocycles. The lowest BCUT2D eigenvalue weighted by Gasteiger charge is -2.26. The second-order valence-corrected chi connectivity index (χ2v) is 4.92. The van der Waals surface area contributed by atoms with E-state index in [1.165, 1.54) is 23.7 Å². The van der Waals surface area contributed by atoms with Crippen LogP contribution in [0, 0.1) is 17.2 Å². The quantitative estimate of drug-likeness (QED) is 0.858. The van der Waals surface area contributed by atoms with E-state index in [1.54, 1.807) is 0 Å². The van der Waals surface area contributed by atoms with E-state index in [1.807, 2.05) is 6.07 Å². The smallest absolute Gasteiger partial charge is 0.240 e. The van der Waals surface area contributed by atoms with Gasteiger partial charge in [0.25, 0.3) is 0 Å². The van der Waals surface area contributed by atoms with Gasteiger partial charge in [-0.15, -0.1) is 10.2 Å². The van der Waals surface area contributed by atoms with Crippen LogP contribution >= 0.6 is 0 Å². The maximum Gasteiger partial charge on any atom is 0.240 e. The highest BCUT2D eigenvalue weighted by atomic mass is 16.2. The lowest BCUT2D eigenvalue weighted by molar-refractivity contribution is -0.122. The van der Waals surface area contributed by atoms with Crippen LogP contribution in [0.15, 0.2) is 6.33 Å². The molecule has 2 rings (SSSR count).